The van der Waals surface area contributed by atoms with E-state index in [2.05, 4.69) is 0 Å². The first-order valence-corrected chi connectivity index (χ1v) is 5.87. The number of hydrogen-bond acceptors (Lipinski definition) is 5. The highest BCUT2D eigenvalue weighted by Crippen LogP contribution is 1.94. The summed E-state index contributed by atoms with van der Waals surface area (Å²) in [6.45, 7) is 4.76. The van der Waals surface area contributed by atoms with Crippen LogP contribution in [-0.2, 0) is 14.2 Å². The zero-order chi connectivity index (χ0) is 12.1. The fourth-order valence-corrected chi connectivity index (χ4v) is 1.03. The molecule has 0 aromatic carbocycles. The standard InChI is InChI=1S/C11H24O5/c1-2-11(13)16-9-4-8-14-6-3-7-15-10-5-12/h11-13H,2-10H2,1H3. The third-order valence-corrected chi connectivity index (χ3v) is 1.91. The number of ether oxygens (including phenoxy) is 3. The Morgan fingerprint density at radius 3 is 2.06 bits per heavy atom. The Bertz CT molecular complexity index is 132. The van der Waals surface area contributed by atoms with E-state index in [1.54, 1.807) is 0 Å². The first kappa shape index (κ1) is 15.8. The summed E-state index contributed by atoms with van der Waals surface area (Å²) < 4.78 is 15.5. The van der Waals surface area contributed by atoms with Crippen LogP contribution in [0.2, 0.25) is 0 Å². The Morgan fingerprint density at radius 1 is 0.938 bits per heavy atom. The molecule has 0 spiro atoms. The second-order valence-electron chi connectivity index (χ2n) is 3.39. The Morgan fingerprint density at radius 2 is 1.50 bits per heavy atom. The van der Waals surface area contributed by atoms with Gasteiger partial charge in [-0.3, -0.25) is 0 Å². The molecule has 0 aromatic heterocycles. The van der Waals surface area contributed by atoms with Crippen LogP contribution < -0.4 is 0 Å². The van der Waals surface area contributed by atoms with Gasteiger partial charge in [0, 0.05) is 19.8 Å². The SMILES string of the molecule is CCC(O)OCCCOCCCOCCO. The van der Waals surface area contributed by atoms with Crippen molar-refractivity contribution in [3.8, 4) is 0 Å². The quantitative estimate of drug-likeness (QED) is 0.382. The molecule has 0 amide bonds. The van der Waals surface area contributed by atoms with Crippen LogP contribution in [-0.4, -0.2) is 56.1 Å². The maximum absolute atomic E-state index is 9.08. The normalized spacial score (nSPS) is 12.9. The van der Waals surface area contributed by atoms with Gasteiger partial charge in [-0.15, -0.1) is 0 Å². The Hall–Kier alpha value is -0.200. The summed E-state index contributed by atoms with van der Waals surface area (Å²) in [6, 6.07) is 0. The van der Waals surface area contributed by atoms with Gasteiger partial charge in [-0.2, -0.15) is 0 Å². The van der Waals surface area contributed by atoms with Gasteiger partial charge in [-0.25, -0.2) is 0 Å². The lowest BCUT2D eigenvalue weighted by Gasteiger charge is -2.09. The monoisotopic (exact) mass is 236 g/mol. The molecule has 0 bridgehead atoms. The molecule has 5 nitrogen and oxygen atoms in total. The van der Waals surface area contributed by atoms with Crippen LogP contribution in [0.25, 0.3) is 0 Å². The Balaban J connectivity index is 2.93. The van der Waals surface area contributed by atoms with E-state index in [-0.39, 0.29) is 6.61 Å². The maximum Gasteiger partial charge on any atom is 0.154 e. The summed E-state index contributed by atoms with van der Waals surface area (Å²) in [5.74, 6) is 0. The van der Waals surface area contributed by atoms with Crippen molar-refractivity contribution in [1.82, 2.24) is 0 Å². The van der Waals surface area contributed by atoms with E-state index >= 15 is 0 Å². The molecule has 0 saturated carbocycles. The highest BCUT2D eigenvalue weighted by Gasteiger charge is 1.98. The van der Waals surface area contributed by atoms with Crippen LogP contribution in [0.4, 0.5) is 0 Å². The maximum atomic E-state index is 9.08. The summed E-state index contributed by atoms with van der Waals surface area (Å²) in [5.41, 5.74) is 0. The zero-order valence-electron chi connectivity index (χ0n) is 10.1. The lowest BCUT2D eigenvalue weighted by molar-refractivity contribution is -0.104. The van der Waals surface area contributed by atoms with Crippen molar-refractivity contribution in [3.05, 3.63) is 0 Å². The minimum Gasteiger partial charge on any atom is -0.394 e. The molecule has 5 heteroatoms. The molecule has 0 radical (unpaired) electrons. The first-order valence-electron chi connectivity index (χ1n) is 5.87. The van der Waals surface area contributed by atoms with E-state index in [4.69, 9.17) is 24.4 Å². The predicted molar refractivity (Wildman–Crippen MR) is 60.2 cm³/mol. The average Bonchev–Trinajstić information content (AvgIpc) is 2.31. The molecule has 0 aromatic rings. The third-order valence-electron chi connectivity index (χ3n) is 1.91. The molecule has 98 valence electrons. The van der Waals surface area contributed by atoms with Crippen LogP contribution in [0, 0.1) is 0 Å². The molecule has 0 aliphatic carbocycles. The molecule has 0 rings (SSSR count). The Labute approximate surface area is 97.3 Å². The second kappa shape index (κ2) is 12.9. The van der Waals surface area contributed by atoms with Gasteiger partial charge in [0.1, 0.15) is 0 Å². The summed E-state index contributed by atoms with van der Waals surface area (Å²) >= 11 is 0. The van der Waals surface area contributed by atoms with E-state index in [1.165, 1.54) is 0 Å². The fraction of sp³-hybridized carbons (Fsp3) is 1.00. The molecule has 2 N–H and O–H groups in total. The highest BCUT2D eigenvalue weighted by atomic mass is 16.6. The summed E-state index contributed by atoms with van der Waals surface area (Å²) in [4.78, 5) is 0. The molecule has 1 atom stereocenters. The fourth-order valence-electron chi connectivity index (χ4n) is 1.03. The molecular formula is C11H24O5. The number of aliphatic hydroxyl groups is 2. The third kappa shape index (κ3) is 11.9. The minimum absolute atomic E-state index is 0.0674. The van der Waals surface area contributed by atoms with Gasteiger partial charge in [-0.1, -0.05) is 6.92 Å². The molecule has 0 fully saturated rings. The van der Waals surface area contributed by atoms with Gasteiger partial charge in [0.15, 0.2) is 6.29 Å². The van der Waals surface area contributed by atoms with Crippen LogP contribution in [0.15, 0.2) is 0 Å². The van der Waals surface area contributed by atoms with Crippen molar-refractivity contribution in [3.63, 3.8) is 0 Å². The van der Waals surface area contributed by atoms with Crippen molar-refractivity contribution in [2.24, 2.45) is 0 Å². The first-order chi connectivity index (χ1) is 7.81. The zero-order valence-corrected chi connectivity index (χ0v) is 10.1. The summed E-state index contributed by atoms with van der Waals surface area (Å²) in [7, 11) is 0. The van der Waals surface area contributed by atoms with Crippen molar-refractivity contribution in [1.29, 1.82) is 0 Å². The number of rotatable bonds is 12. The van der Waals surface area contributed by atoms with E-state index in [0.29, 0.717) is 39.5 Å². The van der Waals surface area contributed by atoms with E-state index < -0.39 is 6.29 Å². The topological polar surface area (TPSA) is 68.2 Å². The van der Waals surface area contributed by atoms with Crippen LogP contribution >= 0.6 is 0 Å². The van der Waals surface area contributed by atoms with Crippen molar-refractivity contribution < 1.29 is 24.4 Å². The van der Waals surface area contributed by atoms with Gasteiger partial charge in [-0.05, 0) is 19.3 Å². The smallest absolute Gasteiger partial charge is 0.154 e. The lowest BCUT2D eigenvalue weighted by Crippen LogP contribution is -2.12. The van der Waals surface area contributed by atoms with Crippen LogP contribution in [0.5, 0.6) is 0 Å². The van der Waals surface area contributed by atoms with Gasteiger partial charge in [0.05, 0.1) is 19.8 Å². The average molecular weight is 236 g/mol. The van der Waals surface area contributed by atoms with Gasteiger partial charge < -0.3 is 24.4 Å². The Kier molecular flexibility index (Phi) is 12.7. The molecule has 0 aliphatic heterocycles. The van der Waals surface area contributed by atoms with Crippen molar-refractivity contribution in [2.45, 2.75) is 32.5 Å². The van der Waals surface area contributed by atoms with Gasteiger partial charge in [0.25, 0.3) is 0 Å². The molecular weight excluding hydrogens is 212 g/mol. The predicted octanol–water partition coefficient (Wildman–Crippen LogP) is 0.537. The largest absolute Gasteiger partial charge is 0.394 e. The van der Waals surface area contributed by atoms with E-state index in [0.717, 1.165) is 12.8 Å². The number of aliphatic hydroxyl groups excluding tert-OH is 2. The van der Waals surface area contributed by atoms with Crippen molar-refractivity contribution in [2.75, 3.05) is 39.6 Å². The summed E-state index contributed by atoms with van der Waals surface area (Å²) in [6.07, 6.45) is 1.59. The second-order valence-corrected chi connectivity index (χ2v) is 3.39. The van der Waals surface area contributed by atoms with Gasteiger partial charge in [0.2, 0.25) is 0 Å². The van der Waals surface area contributed by atoms with E-state index in [9.17, 15) is 0 Å². The molecule has 0 heterocycles. The van der Waals surface area contributed by atoms with Gasteiger partial charge >= 0.3 is 0 Å². The van der Waals surface area contributed by atoms with Crippen LogP contribution in [0.3, 0.4) is 0 Å². The highest BCUT2D eigenvalue weighted by molar-refractivity contribution is 4.40. The molecule has 16 heavy (non-hydrogen) atoms. The molecule has 0 aliphatic rings. The summed E-state index contributed by atoms with van der Waals surface area (Å²) in [5, 5.41) is 17.5. The lowest BCUT2D eigenvalue weighted by atomic mass is 10.4. The van der Waals surface area contributed by atoms with E-state index in [1.807, 2.05) is 6.92 Å². The minimum atomic E-state index is -0.646. The molecule has 1 unspecified atom stereocenters. The van der Waals surface area contributed by atoms with Crippen LogP contribution in [0.1, 0.15) is 26.2 Å². The molecule has 0 saturated heterocycles. The number of hydrogen-bond donors (Lipinski definition) is 2. The van der Waals surface area contributed by atoms with Crippen molar-refractivity contribution >= 4 is 0 Å².